The number of amides is 1. The van der Waals surface area contributed by atoms with Crippen LogP contribution in [0.15, 0.2) is 0 Å². The van der Waals surface area contributed by atoms with E-state index in [9.17, 15) is 4.79 Å². The van der Waals surface area contributed by atoms with E-state index < -0.39 is 0 Å². The molecule has 0 spiro atoms. The smallest absolute Gasteiger partial charge is 0.220 e. The van der Waals surface area contributed by atoms with Crippen LogP contribution in [0.4, 0.5) is 0 Å². The minimum Gasteiger partial charge on any atom is -0.383 e. The lowest BCUT2D eigenvalue weighted by Crippen LogP contribution is -2.42. The van der Waals surface area contributed by atoms with Gasteiger partial charge < -0.3 is 10.1 Å². The molecule has 0 aromatic rings. The molecule has 0 aromatic carbocycles. The maximum atomic E-state index is 11.8. The van der Waals surface area contributed by atoms with Crippen LogP contribution in [-0.4, -0.2) is 31.4 Å². The van der Waals surface area contributed by atoms with E-state index in [1.807, 2.05) is 0 Å². The van der Waals surface area contributed by atoms with Crippen molar-refractivity contribution in [2.24, 2.45) is 11.3 Å². The second-order valence-electron chi connectivity index (χ2n) is 5.21. The average Bonchev–Trinajstić information content (AvgIpc) is 2.97. The van der Waals surface area contributed by atoms with Gasteiger partial charge in [0.2, 0.25) is 5.91 Å². The highest BCUT2D eigenvalue weighted by Gasteiger charge is 2.43. The standard InChI is InChI=1S/C12H23NO2S/c1-9(2)10(7-15-3)13-11(14)6-12(8-16)4-5-12/h9-10,16H,4-8H2,1-3H3,(H,13,14). The largest absolute Gasteiger partial charge is 0.383 e. The number of thiol groups is 1. The first-order valence-electron chi connectivity index (χ1n) is 5.92. The van der Waals surface area contributed by atoms with Crippen LogP contribution < -0.4 is 5.32 Å². The maximum absolute atomic E-state index is 11.8. The molecule has 1 amide bonds. The van der Waals surface area contributed by atoms with E-state index in [1.165, 1.54) is 0 Å². The Morgan fingerprint density at radius 3 is 2.50 bits per heavy atom. The molecule has 0 bridgehead atoms. The number of carbonyl (C=O) groups is 1. The summed E-state index contributed by atoms with van der Waals surface area (Å²) in [5.74, 6) is 1.36. The number of methoxy groups -OCH3 is 1. The lowest BCUT2D eigenvalue weighted by Gasteiger charge is -2.22. The Morgan fingerprint density at radius 2 is 2.12 bits per heavy atom. The van der Waals surface area contributed by atoms with Crippen molar-refractivity contribution in [3.8, 4) is 0 Å². The molecule has 0 aliphatic heterocycles. The summed E-state index contributed by atoms with van der Waals surface area (Å²) in [5, 5.41) is 3.05. The number of rotatable bonds is 7. The van der Waals surface area contributed by atoms with Gasteiger partial charge in [-0.3, -0.25) is 4.79 Å². The summed E-state index contributed by atoms with van der Waals surface area (Å²) in [5.41, 5.74) is 0.196. The number of hydrogen-bond acceptors (Lipinski definition) is 3. The second kappa shape index (κ2) is 5.92. The van der Waals surface area contributed by atoms with Crippen LogP contribution in [0.5, 0.6) is 0 Å². The molecule has 1 aliphatic rings. The van der Waals surface area contributed by atoms with E-state index in [2.05, 4.69) is 31.8 Å². The van der Waals surface area contributed by atoms with E-state index >= 15 is 0 Å². The quantitative estimate of drug-likeness (QED) is 0.672. The van der Waals surface area contributed by atoms with Crippen LogP contribution in [0.25, 0.3) is 0 Å². The van der Waals surface area contributed by atoms with Crippen molar-refractivity contribution in [3.05, 3.63) is 0 Å². The Balaban J connectivity index is 2.36. The number of hydrogen-bond donors (Lipinski definition) is 2. The molecule has 0 heterocycles. The summed E-state index contributed by atoms with van der Waals surface area (Å²) in [6.45, 7) is 4.77. The predicted octanol–water partition coefficient (Wildman–Crippen LogP) is 1.87. The van der Waals surface area contributed by atoms with E-state index in [1.54, 1.807) is 7.11 Å². The van der Waals surface area contributed by atoms with E-state index in [4.69, 9.17) is 4.74 Å². The SMILES string of the molecule is COCC(NC(=O)CC1(CS)CC1)C(C)C. The zero-order valence-corrected chi connectivity index (χ0v) is 11.3. The second-order valence-corrected chi connectivity index (χ2v) is 5.52. The Labute approximate surface area is 104 Å². The summed E-state index contributed by atoms with van der Waals surface area (Å²) in [6.07, 6.45) is 2.89. The number of carbonyl (C=O) groups excluding carboxylic acids is 1. The predicted molar refractivity (Wildman–Crippen MR) is 68.8 cm³/mol. The number of ether oxygens (including phenoxy) is 1. The lowest BCUT2D eigenvalue weighted by atomic mass is 10.0. The first-order chi connectivity index (χ1) is 7.53. The summed E-state index contributed by atoms with van der Waals surface area (Å²) < 4.78 is 5.11. The van der Waals surface area contributed by atoms with E-state index in [0.717, 1.165) is 18.6 Å². The van der Waals surface area contributed by atoms with Crippen molar-refractivity contribution in [1.82, 2.24) is 5.32 Å². The molecule has 1 unspecified atom stereocenters. The van der Waals surface area contributed by atoms with Gasteiger partial charge in [0.1, 0.15) is 0 Å². The third kappa shape index (κ3) is 3.98. The van der Waals surface area contributed by atoms with Crippen molar-refractivity contribution >= 4 is 18.5 Å². The van der Waals surface area contributed by atoms with Crippen LogP contribution in [-0.2, 0) is 9.53 Å². The van der Waals surface area contributed by atoms with Crippen molar-refractivity contribution in [3.63, 3.8) is 0 Å². The molecule has 4 heteroatoms. The Bertz CT molecular complexity index is 239. The fourth-order valence-electron chi connectivity index (χ4n) is 1.75. The monoisotopic (exact) mass is 245 g/mol. The van der Waals surface area contributed by atoms with Crippen molar-refractivity contribution in [2.45, 2.75) is 39.2 Å². The van der Waals surface area contributed by atoms with Gasteiger partial charge in [-0.1, -0.05) is 13.8 Å². The van der Waals surface area contributed by atoms with Gasteiger partial charge in [0.15, 0.2) is 0 Å². The first-order valence-corrected chi connectivity index (χ1v) is 6.55. The molecule has 16 heavy (non-hydrogen) atoms. The average molecular weight is 245 g/mol. The van der Waals surface area contributed by atoms with Crippen LogP contribution in [0.2, 0.25) is 0 Å². The molecular formula is C12H23NO2S. The van der Waals surface area contributed by atoms with Crippen LogP contribution in [0, 0.1) is 11.3 Å². The molecule has 1 fully saturated rings. The van der Waals surface area contributed by atoms with Gasteiger partial charge in [0.05, 0.1) is 12.6 Å². The first kappa shape index (κ1) is 13.8. The van der Waals surface area contributed by atoms with Gasteiger partial charge in [0.25, 0.3) is 0 Å². The summed E-state index contributed by atoms with van der Waals surface area (Å²) >= 11 is 4.31. The summed E-state index contributed by atoms with van der Waals surface area (Å²) in [7, 11) is 1.66. The molecule has 1 rings (SSSR count). The molecule has 1 aliphatic carbocycles. The molecule has 94 valence electrons. The molecule has 1 saturated carbocycles. The third-order valence-electron chi connectivity index (χ3n) is 3.33. The summed E-state index contributed by atoms with van der Waals surface area (Å²) in [4.78, 5) is 11.8. The van der Waals surface area contributed by atoms with Gasteiger partial charge in [-0.25, -0.2) is 0 Å². The molecule has 3 nitrogen and oxygen atoms in total. The van der Waals surface area contributed by atoms with Gasteiger partial charge in [-0.05, 0) is 29.9 Å². The van der Waals surface area contributed by atoms with Crippen LogP contribution in [0.3, 0.4) is 0 Å². The van der Waals surface area contributed by atoms with Gasteiger partial charge in [-0.2, -0.15) is 12.6 Å². The minimum absolute atomic E-state index is 0.119. The van der Waals surface area contributed by atoms with Crippen LogP contribution >= 0.6 is 12.6 Å². The molecule has 1 N–H and O–H groups in total. The highest BCUT2D eigenvalue weighted by Crippen LogP contribution is 2.49. The highest BCUT2D eigenvalue weighted by molar-refractivity contribution is 7.80. The van der Waals surface area contributed by atoms with Crippen molar-refractivity contribution in [1.29, 1.82) is 0 Å². The maximum Gasteiger partial charge on any atom is 0.220 e. The fourth-order valence-corrected chi connectivity index (χ4v) is 2.17. The number of nitrogens with one attached hydrogen (secondary N) is 1. The molecule has 1 atom stereocenters. The molecular weight excluding hydrogens is 222 g/mol. The topological polar surface area (TPSA) is 38.3 Å². The molecule has 0 saturated heterocycles. The minimum atomic E-state index is 0.119. The molecule has 0 radical (unpaired) electrons. The van der Waals surface area contributed by atoms with Gasteiger partial charge >= 0.3 is 0 Å². The highest BCUT2D eigenvalue weighted by atomic mass is 32.1. The Hall–Kier alpha value is -0.220. The van der Waals surface area contributed by atoms with E-state index in [0.29, 0.717) is 18.9 Å². The Kier molecular flexibility index (Phi) is 5.12. The zero-order valence-electron chi connectivity index (χ0n) is 10.5. The summed E-state index contributed by atoms with van der Waals surface area (Å²) in [6, 6.07) is 0.119. The normalized spacial score (nSPS) is 19.6. The fraction of sp³-hybridized carbons (Fsp3) is 0.917. The third-order valence-corrected chi connectivity index (χ3v) is 4.00. The lowest BCUT2D eigenvalue weighted by molar-refractivity contribution is -0.123. The Morgan fingerprint density at radius 1 is 1.50 bits per heavy atom. The van der Waals surface area contributed by atoms with Crippen molar-refractivity contribution < 1.29 is 9.53 Å². The molecule has 0 aromatic heterocycles. The van der Waals surface area contributed by atoms with Gasteiger partial charge in [-0.15, -0.1) is 0 Å². The van der Waals surface area contributed by atoms with Crippen molar-refractivity contribution in [2.75, 3.05) is 19.5 Å². The zero-order chi connectivity index (χ0) is 12.2. The van der Waals surface area contributed by atoms with E-state index in [-0.39, 0.29) is 17.4 Å². The van der Waals surface area contributed by atoms with Gasteiger partial charge in [0, 0.05) is 13.5 Å². The van der Waals surface area contributed by atoms with Crippen LogP contribution in [0.1, 0.15) is 33.1 Å².